The van der Waals surface area contributed by atoms with Crippen LogP contribution in [0.1, 0.15) is 26.2 Å². The van der Waals surface area contributed by atoms with Crippen LogP contribution in [0.4, 0.5) is 4.39 Å². The second kappa shape index (κ2) is 8.62. The predicted molar refractivity (Wildman–Crippen MR) is 88.2 cm³/mol. The van der Waals surface area contributed by atoms with Gasteiger partial charge in [0.1, 0.15) is 11.6 Å². The summed E-state index contributed by atoms with van der Waals surface area (Å²) in [5.74, 6) is 0.692. The van der Waals surface area contributed by atoms with Gasteiger partial charge in [0.05, 0.1) is 12.2 Å². The highest BCUT2D eigenvalue weighted by molar-refractivity contribution is 5.21. The third-order valence-corrected chi connectivity index (χ3v) is 4.75. The Balaban J connectivity index is 1.66. The molecule has 5 heteroatoms. The standard InChI is InChI=1S/C18H28FNO3/c1-15-14-20(11-8-18(15,21)9-13-22-2)10-3-12-23-17-6-4-16(19)5-7-17/h4-7,15,21H,3,8-14H2,1-2H3/t15-,18-/m0/s1. The van der Waals surface area contributed by atoms with Crippen molar-refractivity contribution >= 4 is 0 Å². The number of rotatable bonds is 8. The van der Waals surface area contributed by atoms with Crippen molar-refractivity contribution in [1.82, 2.24) is 4.90 Å². The molecule has 0 aliphatic carbocycles. The Morgan fingerprint density at radius 1 is 1.30 bits per heavy atom. The van der Waals surface area contributed by atoms with E-state index in [0.717, 1.165) is 32.5 Å². The Morgan fingerprint density at radius 3 is 2.70 bits per heavy atom. The van der Waals surface area contributed by atoms with Crippen LogP contribution in [-0.2, 0) is 4.74 Å². The van der Waals surface area contributed by atoms with Crippen molar-refractivity contribution in [3.63, 3.8) is 0 Å². The van der Waals surface area contributed by atoms with Gasteiger partial charge in [0.25, 0.3) is 0 Å². The van der Waals surface area contributed by atoms with Gasteiger partial charge < -0.3 is 19.5 Å². The molecule has 0 saturated carbocycles. The first kappa shape index (κ1) is 18.2. The summed E-state index contributed by atoms with van der Waals surface area (Å²) >= 11 is 0. The minimum Gasteiger partial charge on any atom is -0.494 e. The maximum absolute atomic E-state index is 12.8. The molecule has 130 valence electrons. The van der Waals surface area contributed by atoms with E-state index in [9.17, 15) is 9.50 Å². The van der Waals surface area contributed by atoms with Gasteiger partial charge in [-0.25, -0.2) is 4.39 Å². The van der Waals surface area contributed by atoms with Crippen LogP contribution in [0.5, 0.6) is 5.75 Å². The third kappa shape index (κ3) is 5.44. The first-order valence-corrected chi connectivity index (χ1v) is 8.35. The topological polar surface area (TPSA) is 41.9 Å². The van der Waals surface area contributed by atoms with Crippen LogP contribution in [0.2, 0.25) is 0 Å². The number of benzene rings is 1. The lowest BCUT2D eigenvalue weighted by molar-refractivity contribution is -0.0815. The lowest BCUT2D eigenvalue weighted by Gasteiger charge is -2.43. The second-order valence-corrected chi connectivity index (χ2v) is 6.45. The zero-order valence-electron chi connectivity index (χ0n) is 14.1. The van der Waals surface area contributed by atoms with E-state index in [4.69, 9.17) is 9.47 Å². The largest absolute Gasteiger partial charge is 0.494 e. The number of halogens is 1. The molecule has 1 aromatic carbocycles. The maximum Gasteiger partial charge on any atom is 0.123 e. The van der Waals surface area contributed by atoms with Gasteiger partial charge in [-0.05, 0) is 49.4 Å². The van der Waals surface area contributed by atoms with E-state index >= 15 is 0 Å². The van der Waals surface area contributed by atoms with Gasteiger partial charge >= 0.3 is 0 Å². The normalized spacial score (nSPS) is 25.5. The van der Waals surface area contributed by atoms with Crippen LogP contribution < -0.4 is 4.74 Å². The predicted octanol–water partition coefficient (Wildman–Crippen LogP) is 2.70. The highest BCUT2D eigenvalue weighted by Crippen LogP contribution is 2.30. The van der Waals surface area contributed by atoms with Crippen LogP contribution in [-0.4, -0.2) is 55.6 Å². The van der Waals surface area contributed by atoms with E-state index in [0.29, 0.717) is 25.4 Å². The van der Waals surface area contributed by atoms with Gasteiger partial charge in [0, 0.05) is 33.4 Å². The van der Waals surface area contributed by atoms with Crippen molar-refractivity contribution in [2.45, 2.75) is 31.8 Å². The highest BCUT2D eigenvalue weighted by atomic mass is 19.1. The van der Waals surface area contributed by atoms with Crippen LogP contribution in [0, 0.1) is 11.7 Å². The van der Waals surface area contributed by atoms with Crippen molar-refractivity contribution in [3.8, 4) is 5.75 Å². The van der Waals surface area contributed by atoms with E-state index in [2.05, 4.69) is 11.8 Å². The summed E-state index contributed by atoms with van der Waals surface area (Å²) in [6.45, 7) is 6.08. The number of ether oxygens (including phenoxy) is 2. The molecule has 1 heterocycles. The third-order valence-electron chi connectivity index (χ3n) is 4.75. The minimum absolute atomic E-state index is 0.240. The van der Waals surface area contributed by atoms with Gasteiger partial charge in [-0.15, -0.1) is 0 Å². The summed E-state index contributed by atoms with van der Waals surface area (Å²) in [7, 11) is 1.67. The van der Waals surface area contributed by atoms with Crippen molar-refractivity contribution in [2.75, 3.05) is 40.0 Å². The molecule has 23 heavy (non-hydrogen) atoms. The molecular weight excluding hydrogens is 297 g/mol. The summed E-state index contributed by atoms with van der Waals surface area (Å²) in [6.07, 6.45) is 2.41. The molecule has 0 aromatic heterocycles. The Bertz CT molecular complexity index is 468. The van der Waals surface area contributed by atoms with Gasteiger partial charge in [-0.2, -0.15) is 0 Å². The Morgan fingerprint density at radius 2 is 2.04 bits per heavy atom. The van der Waals surface area contributed by atoms with E-state index in [1.54, 1.807) is 19.2 Å². The molecule has 0 amide bonds. The zero-order valence-corrected chi connectivity index (χ0v) is 14.1. The Kier molecular flexibility index (Phi) is 6.81. The van der Waals surface area contributed by atoms with Gasteiger partial charge in [0.2, 0.25) is 0 Å². The fourth-order valence-corrected chi connectivity index (χ4v) is 3.11. The van der Waals surface area contributed by atoms with E-state index in [-0.39, 0.29) is 11.7 Å². The first-order chi connectivity index (χ1) is 11.0. The average Bonchev–Trinajstić information content (AvgIpc) is 2.55. The van der Waals surface area contributed by atoms with E-state index in [1.165, 1.54) is 12.1 Å². The molecule has 1 aromatic rings. The molecular formula is C18H28FNO3. The lowest BCUT2D eigenvalue weighted by atomic mass is 9.80. The Labute approximate surface area is 138 Å². The molecule has 2 rings (SSSR count). The first-order valence-electron chi connectivity index (χ1n) is 8.35. The number of hydrogen-bond acceptors (Lipinski definition) is 4. The monoisotopic (exact) mass is 325 g/mol. The van der Waals surface area contributed by atoms with Gasteiger partial charge in [-0.3, -0.25) is 0 Å². The molecule has 4 nitrogen and oxygen atoms in total. The molecule has 2 atom stereocenters. The van der Waals surface area contributed by atoms with Crippen LogP contribution in [0.25, 0.3) is 0 Å². The summed E-state index contributed by atoms with van der Waals surface area (Å²) < 4.78 is 23.5. The molecule has 0 unspecified atom stereocenters. The van der Waals surface area contributed by atoms with Gasteiger partial charge in [-0.1, -0.05) is 6.92 Å². The number of likely N-dealkylation sites (tertiary alicyclic amines) is 1. The fraction of sp³-hybridized carbons (Fsp3) is 0.667. The quantitative estimate of drug-likeness (QED) is 0.746. The SMILES string of the molecule is COCC[C@@]1(O)CCN(CCCOc2ccc(F)cc2)C[C@@H]1C. The van der Waals surface area contributed by atoms with Crippen molar-refractivity contribution in [3.05, 3.63) is 30.1 Å². The van der Waals surface area contributed by atoms with Crippen LogP contribution >= 0.6 is 0 Å². The van der Waals surface area contributed by atoms with Crippen molar-refractivity contribution in [2.24, 2.45) is 5.92 Å². The molecule has 1 aliphatic heterocycles. The van der Waals surface area contributed by atoms with Crippen LogP contribution in [0.3, 0.4) is 0 Å². The summed E-state index contributed by atoms with van der Waals surface area (Å²) in [5.41, 5.74) is -0.600. The number of piperidine rings is 1. The molecule has 1 N–H and O–H groups in total. The Hall–Kier alpha value is -1.17. The molecule has 0 bridgehead atoms. The van der Waals surface area contributed by atoms with E-state index in [1.807, 2.05) is 0 Å². The highest BCUT2D eigenvalue weighted by Gasteiger charge is 2.38. The zero-order chi connectivity index (χ0) is 16.7. The molecule has 1 aliphatic rings. The molecule has 1 saturated heterocycles. The second-order valence-electron chi connectivity index (χ2n) is 6.45. The lowest BCUT2D eigenvalue weighted by Crippen LogP contribution is -2.51. The summed E-state index contributed by atoms with van der Waals surface area (Å²) in [5, 5.41) is 10.7. The number of nitrogens with zero attached hydrogens (tertiary/aromatic N) is 1. The molecule has 1 fully saturated rings. The fourth-order valence-electron chi connectivity index (χ4n) is 3.11. The smallest absolute Gasteiger partial charge is 0.123 e. The van der Waals surface area contributed by atoms with Crippen molar-refractivity contribution < 1.29 is 19.0 Å². The molecule has 0 radical (unpaired) electrons. The molecule has 0 spiro atoms. The number of hydrogen-bond donors (Lipinski definition) is 1. The van der Waals surface area contributed by atoms with Gasteiger partial charge in [0.15, 0.2) is 0 Å². The number of methoxy groups -OCH3 is 1. The number of aliphatic hydroxyl groups is 1. The van der Waals surface area contributed by atoms with E-state index < -0.39 is 5.60 Å². The summed E-state index contributed by atoms with van der Waals surface area (Å²) in [6, 6.07) is 6.10. The average molecular weight is 325 g/mol. The maximum atomic E-state index is 12.8. The van der Waals surface area contributed by atoms with Crippen molar-refractivity contribution in [1.29, 1.82) is 0 Å². The summed E-state index contributed by atoms with van der Waals surface area (Å²) in [4.78, 5) is 2.37. The minimum atomic E-state index is -0.600. The van der Waals surface area contributed by atoms with Crippen LogP contribution in [0.15, 0.2) is 24.3 Å².